The number of carbonyl (C=O) groups excluding carboxylic acids is 1. The number of furan rings is 1. The molecule has 1 aromatic heterocycles. The molecule has 3 aromatic carbocycles. The minimum atomic E-state index is -1.23. The smallest absolute Gasteiger partial charge is 0.326 e. The van der Waals surface area contributed by atoms with E-state index in [0.29, 0.717) is 33.9 Å². The Hall–Kier alpha value is -3.45. The molecular weight excluding hydrogens is 441 g/mol. The highest BCUT2D eigenvalue weighted by Crippen LogP contribution is 2.43. The Labute approximate surface area is 186 Å². The fourth-order valence-electron chi connectivity index (χ4n) is 4.09. The van der Waals surface area contributed by atoms with Gasteiger partial charge in [-0.1, -0.05) is 29.8 Å². The maximum absolute atomic E-state index is 13.9. The van der Waals surface area contributed by atoms with Crippen molar-refractivity contribution < 1.29 is 22.4 Å². The molecule has 4 nitrogen and oxygen atoms in total. The average Bonchev–Trinajstić information content (AvgIpc) is 3.32. The van der Waals surface area contributed by atoms with Gasteiger partial charge in [0, 0.05) is 28.1 Å². The lowest BCUT2D eigenvalue weighted by molar-refractivity contribution is 0.261. The Balaban J connectivity index is 1.57. The Morgan fingerprint density at radius 3 is 2.34 bits per heavy atom. The fourth-order valence-corrected chi connectivity index (χ4v) is 4.32. The minimum Gasteiger partial charge on any atom is -0.440 e. The summed E-state index contributed by atoms with van der Waals surface area (Å²) >= 11 is 6.42. The van der Waals surface area contributed by atoms with E-state index in [9.17, 15) is 18.0 Å². The third-order valence-corrected chi connectivity index (χ3v) is 5.85. The number of fused-ring (bicyclic) bond motifs is 2. The molecule has 0 saturated heterocycles. The van der Waals surface area contributed by atoms with Crippen molar-refractivity contribution in [1.29, 1.82) is 0 Å². The van der Waals surface area contributed by atoms with Crippen LogP contribution in [-0.2, 0) is 12.8 Å². The molecule has 1 heterocycles. The Morgan fingerprint density at radius 1 is 0.938 bits per heavy atom. The van der Waals surface area contributed by atoms with Crippen molar-refractivity contribution >= 4 is 40.2 Å². The quantitative estimate of drug-likeness (QED) is 0.340. The molecule has 2 amide bonds. The number of hydrogen-bond donors (Lipinski definition) is 2. The van der Waals surface area contributed by atoms with E-state index in [2.05, 4.69) is 10.6 Å². The summed E-state index contributed by atoms with van der Waals surface area (Å²) in [6, 6.07) is 11.1. The van der Waals surface area contributed by atoms with Crippen LogP contribution in [0.15, 0.2) is 52.9 Å². The number of carbonyl (C=O) groups is 1. The first-order valence-electron chi connectivity index (χ1n) is 9.96. The highest BCUT2D eigenvalue weighted by atomic mass is 35.5. The van der Waals surface area contributed by atoms with Crippen LogP contribution in [0, 0.1) is 17.5 Å². The second-order valence-electron chi connectivity index (χ2n) is 7.58. The lowest BCUT2D eigenvalue weighted by Crippen LogP contribution is -2.21. The maximum Gasteiger partial charge on any atom is 0.326 e. The molecule has 1 aliphatic rings. The normalized spacial score (nSPS) is 12.8. The molecule has 162 valence electrons. The van der Waals surface area contributed by atoms with Crippen LogP contribution in [0.25, 0.3) is 22.1 Å². The number of anilines is 2. The predicted octanol–water partition coefficient (Wildman–Crippen LogP) is 7.30. The van der Waals surface area contributed by atoms with Crippen LogP contribution < -0.4 is 10.6 Å². The number of urea groups is 1. The monoisotopic (exact) mass is 456 g/mol. The summed E-state index contributed by atoms with van der Waals surface area (Å²) in [6.07, 6.45) is 2.95. The van der Waals surface area contributed by atoms with Crippen molar-refractivity contribution in [3.63, 3.8) is 0 Å². The van der Waals surface area contributed by atoms with Gasteiger partial charge in [0.25, 0.3) is 0 Å². The van der Waals surface area contributed by atoms with Crippen LogP contribution in [-0.4, -0.2) is 6.03 Å². The number of rotatable bonds is 3. The zero-order chi connectivity index (χ0) is 22.4. The van der Waals surface area contributed by atoms with Gasteiger partial charge in [-0.2, -0.15) is 0 Å². The molecule has 0 unspecified atom stereocenters. The summed E-state index contributed by atoms with van der Waals surface area (Å²) in [5.41, 5.74) is 3.39. The summed E-state index contributed by atoms with van der Waals surface area (Å²) < 4.78 is 47.0. The Kier molecular flexibility index (Phi) is 5.06. The molecule has 0 fully saturated rings. The molecule has 1 aliphatic carbocycles. The lowest BCUT2D eigenvalue weighted by atomic mass is 10.0. The third kappa shape index (κ3) is 3.58. The molecule has 4 aromatic rings. The second-order valence-corrected chi connectivity index (χ2v) is 7.99. The molecular formula is C24H16ClF3N2O2. The van der Waals surface area contributed by atoms with E-state index in [-0.39, 0.29) is 5.88 Å². The van der Waals surface area contributed by atoms with Crippen molar-refractivity contribution in [3.05, 3.63) is 82.1 Å². The number of benzene rings is 3. The van der Waals surface area contributed by atoms with Crippen molar-refractivity contribution in [2.24, 2.45) is 0 Å². The summed E-state index contributed by atoms with van der Waals surface area (Å²) in [7, 11) is 0. The molecule has 8 heteroatoms. The van der Waals surface area contributed by atoms with Gasteiger partial charge >= 0.3 is 6.03 Å². The predicted molar refractivity (Wildman–Crippen MR) is 118 cm³/mol. The van der Waals surface area contributed by atoms with E-state index in [0.717, 1.165) is 24.6 Å². The molecule has 2 N–H and O–H groups in total. The second kappa shape index (κ2) is 7.91. The van der Waals surface area contributed by atoms with Crippen LogP contribution in [0.4, 0.5) is 29.5 Å². The molecule has 0 saturated carbocycles. The summed E-state index contributed by atoms with van der Waals surface area (Å²) in [6.45, 7) is 0. The third-order valence-electron chi connectivity index (χ3n) is 5.52. The average molecular weight is 457 g/mol. The van der Waals surface area contributed by atoms with Crippen LogP contribution in [0.3, 0.4) is 0 Å². The topological polar surface area (TPSA) is 54.3 Å². The Morgan fingerprint density at radius 2 is 1.62 bits per heavy atom. The van der Waals surface area contributed by atoms with E-state index >= 15 is 0 Å². The van der Waals surface area contributed by atoms with Crippen LogP contribution in [0.2, 0.25) is 5.02 Å². The fraction of sp³-hybridized carbons (Fsp3) is 0.125. The highest BCUT2D eigenvalue weighted by molar-refractivity contribution is 6.34. The van der Waals surface area contributed by atoms with E-state index in [1.807, 2.05) is 12.1 Å². The number of halogens is 4. The van der Waals surface area contributed by atoms with Crippen molar-refractivity contribution in [2.45, 2.75) is 19.3 Å². The summed E-state index contributed by atoms with van der Waals surface area (Å²) in [5.74, 6) is -3.47. The Bertz CT molecular complexity index is 1360. The van der Waals surface area contributed by atoms with Gasteiger partial charge in [-0.15, -0.1) is 0 Å². The molecule has 32 heavy (non-hydrogen) atoms. The van der Waals surface area contributed by atoms with Crippen molar-refractivity contribution in [1.82, 2.24) is 0 Å². The standard InChI is InChI=1S/C24H16ClF3N2O2/c25-17-7-2-1-6-15(17)21-16-8-12-4-3-5-13(12)9-20(16)32-23(21)30-24(31)29-22-18(27)10-14(26)11-19(22)28/h1-2,6-11H,3-5H2,(H2,29,30,31). The first-order valence-corrected chi connectivity index (χ1v) is 10.3. The zero-order valence-electron chi connectivity index (χ0n) is 16.6. The molecule has 0 radical (unpaired) electrons. The van der Waals surface area contributed by atoms with Gasteiger partial charge in [-0.25, -0.2) is 18.0 Å². The lowest BCUT2D eigenvalue weighted by Gasteiger charge is -2.10. The van der Waals surface area contributed by atoms with Crippen LogP contribution in [0.1, 0.15) is 17.5 Å². The number of hydrogen-bond acceptors (Lipinski definition) is 2. The molecule has 0 bridgehead atoms. The van der Waals surface area contributed by atoms with Crippen LogP contribution in [0.5, 0.6) is 0 Å². The van der Waals surface area contributed by atoms with Gasteiger partial charge in [0.15, 0.2) is 11.6 Å². The van der Waals surface area contributed by atoms with E-state index in [1.54, 1.807) is 24.3 Å². The summed E-state index contributed by atoms with van der Waals surface area (Å²) in [4.78, 5) is 12.6. The van der Waals surface area contributed by atoms with Crippen molar-refractivity contribution in [2.75, 3.05) is 10.6 Å². The largest absolute Gasteiger partial charge is 0.440 e. The van der Waals surface area contributed by atoms with Gasteiger partial charge in [0.2, 0.25) is 5.88 Å². The number of aryl methyl sites for hydroxylation is 2. The van der Waals surface area contributed by atoms with Gasteiger partial charge in [-0.3, -0.25) is 5.32 Å². The first-order chi connectivity index (χ1) is 15.4. The van der Waals surface area contributed by atoms with E-state index < -0.39 is 29.2 Å². The minimum absolute atomic E-state index is 0.0807. The zero-order valence-corrected chi connectivity index (χ0v) is 17.3. The molecule has 0 atom stereocenters. The van der Waals surface area contributed by atoms with Crippen molar-refractivity contribution in [3.8, 4) is 11.1 Å². The van der Waals surface area contributed by atoms with Gasteiger partial charge in [0.1, 0.15) is 17.1 Å². The molecule has 5 rings (SSSR count). The van der Waals surface area contributed by atoms with Gasteiger partial charge in [0.05, 0.1) is 5.56 Å². The van der Waals surface area contributed by atoms with Gasteiger partial charge in [-0.05, 0) is 48.6 Å². The molecule has 0 aliphatic heterocycles. The highest BCUT2D eigenvalue weighted by Gasteiger charge is 2.23. The number of amides is 2. The molecule has 0 spiro atoms. The van der Waals surface area contributed by atoms with E-state index in [1.165, 1.54) is 11.1 Å². The number of nitrogens with one attached hydrogen (secondary N) is 2. The van der Waals surface area contributed by atoms with Gasteiger partial charge < -0.3 is 9.73 Å². The maximum atomic E-state index is 13.9. The summed E-state index contributed by atoms with van der Waals surface area (Å²) in [5, 5.41) is 5.82. The van der Waals surface area contributed by atoms with Crippen LogP contribution >= 0.6 is 11.6 Å². The first kappa shape index (κ1) is 20.5. The SMILES string of the molecule is O=C(Nc1oc2cc3c(cc2c1-c1ccccc1Cl)CCC3)Nc1c(F)cc(F)cc1F. The van der Waals surface area contributed by atoms with E-state index in [4.69, 9.17) is 16.0 Å².